The van der Waals surface area contributed by atoms with Crippen molar-refractivity contribution in [2.75, 3.05) is 5.32 Å². The van der Waals surface area contributed by atoms with E-state index in [1.54, 1.807) is 20.0 Å². The van der Waals surface area contributed by atoms with Crippen LogP contribution >= 0.6 is 0 Å². The second kappa shape index (κ2) is 11.1. The molecule has 12 nitrogen and oxygen atoms in total. The molecule has 7 heterocycles. The van der Waals surface area contributed by atoms with Gasteiger partial charge >= 0.3 is 0 Å². The number of carbonyl (C=O) groups excluding carboxylic acids is 2. The summed E-state index contributed by atoms with van der Waals surface area (Å²) in [5.74, 6) is 1.06. The molecule has 0 aliphatic carbocycles. The average Bonchev–Trinajstić information content (AvgIpc) is 3.99. The fraction of sp³-hybridized carbons (Fsp3) is 0.317. The molecule has 1 spiro atoms. The van der Waals surface area contributed by atoms with Crippen molar-refractivity contribution >= 4 is 28.4 Å². The average molecular weight is 711 g/mol. The van der Waals surface area contributed by atoms with Gasteiger partial charge in [0.05, 0.1) is 6.20 Å². The Kier molecular flexibility index (Phi) is 6.64. The molecule has 0 radical (unpaired) electrons. The van der Waals surface area contributed by atoms with Gasteiger partial charge < -0.3 is 39.6 Å². The number of hydrogen-bond acceptors (Lipinski definition) is 9. The normalized spacial score (nSPS) is 22.0. The number of benzene rings is 3. The quantitative estimate of drug-likeness (QED) is 0.137. The van der Waals surface area contributed by atoms with E-state index in [0.29, 0.717) is 23.0 Å². The Balaban J connectivity index is 1.27. The van der Waals surface area contributed by atoms with Crippen LogP contribution in [0.25, 0.3) is 44.9 Å². The van der Waals surface area contributed by atoms with Crippen molar-refractivity contribution in [3.63, 3.8) is 0 Å². The highest BCUT2D eigenvalue weighted by Gasteiger charge is 2.61. The minimum atomic E-state index is -1.61. The molecule has 4 unspecified atom stereocenters. The lowest BCUT2D eigenvalue weighted by molar-refractivity contribution is -0.143. The van der Waals surface area contributed by atoms with Crippen LogP contribution in [0, 0.1) is 5.92 Å². The summed E-state index contributed by atoms with van der Waals surface area (Å²) in [4.78, 5) is 41.1. The Bertz CT molecular complexity index is 2510. The number of para-hydroxylation sites is 1. The molecule has 4 atom stereocenters. The zero-order chi connectivity index (χ0) is 36.4. The van der Waals surface area contributed by atoms with Gasteiger partial charge in [0, 0.05) is 51.5 Å². The lowest BCUT2D eigenvalue weighted by Gasteiger charge is -2.30. The van der Waals surface area contributed by atoms with Crippen LogP contribution in [-0.4, -0.2) is 49.7 Å². The number of oxazole rings is 2. The molecule has 3 aromatic carbocycles. The number of nitrogens with zero attached hydrogens (tertiary/aromatic N) is 2. The minimum absolute atomic E-state index is 0.168. The SMILES string of the molecule is CCC(O)(CC)C(=O)NC1Cc2ccc3c(c2)C24c5cccc(c5NC2O3)-c2cccc3[nH]cc(c23)-c2cnc(o2)-c2nc(oc24)C(C(C)C)NC1=O. The third kappa shape index (κ3) is 4.26. The molecule has 268 valence electrons. The molecule has 4 aliphatic rings. The van der Waals surface area contributed by atoms with Crippen LogP contribution in [-0.2, 0) is 21.4 Å². The molecule has 5 N–H and O–H groups in total. The van der Waals surface area contributed by atoms with Crippen LogP contribution < -0.4 is 20.7 Å². The summed E-state index contributed by atoms with van der Waals surface area (Å²) >= 11 is 0. The van der Waals surface area contributed by atoms with Crippen LogP contribution in [0.5, 0.6) is 5.75 Å². The number of hydrogen-bond donors (Lipinski definition) is 5. The summed E-state index contributed by atoms with van der Waals surface area (Å²) in [6.07, 6.45) is 3.58. The van der Waals surface area contributed by atoms with E-state index in [4.69, 9.17) is 23.5 Å². The van der Waals surface area contributed by atoms with Crippen LogP contribution in [0.4, 0.5) is 5.69 Å². The van der Waals surface area contributed by atoms with Gasteiger partial charge in [-0.2, -0.15) is 0 Å². The summed E-state index contributed by atoms with van der Waals surface area (Å²) in [5, 5.41) is 21.9. The Labute approximate surface area is 304 Å². The first-order valence-corrected chi connectivity index (χ1v) is 18.3. The third-order valence-corrected chi connectivity index (χ3v) is 11.7. The molecule has 53 heavy (non-hydrogen) atoms. The molecular weight excluding hydrogens is 672 g/mol. The van der Waals surface area contributed by atoms with Gasteiger partial charge in [-0.1, -0.05) is 70.2 Å². The number of H-pyrrole nitrogens is 1. The number of aliphatic hydroxyl groups is 1. The molecule has 10 rings (SSSR count). The van der Waals surface area contributed by atoms with Crippen LogP contribution in [0.1, 0.15) is 74.9 Å². The van der Waals surface area contributed by atoms with Crippen molar-refractivity contribution in [3.8, 4) is 39.8 Å². The maximum atomic E-state index is 14.3. The summed E-state index contributed by atoms with van der Waals surface area (Å²) in [6.45, 7) is 7.45. The molecular formula is C41H38N6O6. The van der Waals surface area contributed by atoms with Crippen LogP contribution in [0.3, 0.4) is 0 Å². The van der Waals surface area contributed by atoms with Crippen molar-refractivity contribution < 1.29 is 28.3 Å². The van der Waals surface area contributed by atoms with Gasteiger partial charge in [-0.15, -0.1) is 0 Å². The molecule has 12 heteroatoms. The maximum Gasteiger partial charge on any atom is 0.252 e. The standard InChI is InChI=1S/C41H38N6O6/c1-5-40(50,6-2)38(49)44-27-16-20-13-14-28-25(15-20)41-24-11-7-10-22(32(24)47-39(41)52-28)21-9-8-12-26-30(21)23(17-42-26)29-18-43-36(51-29)33-34(41)53-37(46-33)31(19(3)4)45-35(27)48/h7-15,17-19,27,31,39,42,47,50H,5-6,16H2,1-4H3,(H,44,49)(H,45,48). The molecule has 10 bridgehead atoms. The highest BCUT2D eigenvalue weighted by atomic mass is 16.5. The predicted molar refractivity (Wildman–Crippen MR) is 196 cm³/mol. The van der Waals surface area contributed by atoms with E-state index in [1.165, 1.54) is 0 Å². The number of aromatic amines is 1. The summed E-state index contributed by atoms with van der Waals surface area (Å²) in [7, 11) is 0. The largest absolute Gasteiger partial charge is 0.469 e. The number of carbonyl (C=O) groups is 2. The number of anilines is 1. The van der Waals surface area contributed by atoms with Crippen LogP contribution in [0.15, 0.2) is 75.8 Å². The summed E-state index contributed by atoms with van der Waals surface area (Å²) < 4.78 is 20.4. The van der Waals surface area contributed by atoms with Gasteiger partial charge in [0.1, 0.15) is 28.8 Å². The fourth-order valence-electron chi connectivity index (χ4n) is 8.72. The van der Waals surface area contributed by atoms with E-state index in [1.807, 2.05) is 50.4 Å². The first-order chi connectivity index (χ1) is 25.6. The van der Waals surface area contributed by atoms with Gasteiger partial charge in [0.25, 0.3) is 5.91 Å². The molecule has 0 saturated heterocycles. The van der Waals surface area contributed by atoms with E-state index < -0.39 is 41.1 Å². The predicted octanol–water partition coefficient (Wildman–Crippen LogP) is 6.34. The highest BCUT2D eigenvalue weighted by molar-refractivity contribution is 6.07. The molecule has 3 aromatic heterocycles. The molecule has 2 amide bonds. The van der Waals surface area contributed by atoms with Gasteiger partial charge in [-0.25, -0.2) is 9.97 Å². The molecule has 6 aromatic rings. The van der Waals surface area contributed by atoms with Gasteiger partial charge in [-0.3, -0.25) is 9.59 Å². The van der Waals surface area contributed by atoms with E-state index in [0.717, 1.165) is 50.0 Å². The lowest BCUT2D eigenvalue weighted by atomic mass is 9.72. The van der Waals surface area contributed by atoms with Gasteiger partial charge in [0.2, 0.25) is 17.7 Å². The van der Waals surface area contributed by atoms with Gasteiger partial charge in [-0.05, 0) is 42.0 Å². The first-order valence-electron chi connectivity index (χ1n) is 18.3. The highest BCUT2D eigenvalue weighted by Crippen LogP contribution is 2.61. The lowest BCUT2D eigenvalue weighted by Crippen LogP contribution is -2.55. The monoisotopic (exact) mass is 710 g/mol. The first kappa shape index (κ1) is 31.8. The Hall–Kier alpha value is -5.88. The van der Waals surface area contributed by atoms with E-state index in [9.17, 15) is 14.7 Å². The Morgan fingerprint density at radius 3 is 2.66 bits per heavy atom. The van der Waals surface area contributed by atoms with E-state index >= 15 is 0 Å². The summed E-state index contributed by atoms with van der Waals surface area (Å²) in [5.41, 5.74) is 5.00. The van der Waals surface area contributed by atoms with Gasteiger partial charge in [0.15, 0.2) is 23.4 Å². The number of nitrogens with one attached hydrogen (secondary N) is 4. The van der Waals surface area contributed by atoms with Crippen molar-refractivity contribution in [1.82, 2.24) is 25.6 Å². The number of ether oxygens (including phenoxy) is 1. The fourth-order valence-corrected chi connectivity index (χ4v) is 8.72. The molecule has 0 fully saturated rings. The topological polar surface area (TPSA) is 168 Å². The zero-order valence-corrected chi connectivity index (χ0v) is 29.7. The number of rotatable bonds is 5. The summed E-state index contributed by atoms with van der Waals surface area (Å²) in [6, 6.07) is 16.6. The number of amides is 2. The molecule has 4 aliphatic heterocycles. The Morgan fingerprint density at radius 1 is 1.04 bits per heavy atom. The van der Waals surface area contributed by atoms with Crippen molar-refractivity contribution in [3.05, 3.63) is 95.3 Å². The smallest absolute Gasteiger partial charge is 0.252 e. The second-order valence-electron chi connectivity index (χ2n) is 14.9. The van der Waals surface area contributed by atoms with Crippen LogP contribution in [0.2, 0.25) is 0 Å². The van der Waals surface area contributed by atoms with E-state index in [-0.39, 0.29) is 37.0 Å². The van der Waals surface area contributed by atoms with Crippen molar-refractivity contribution in [2.45, 2.75) is 76.3 Å². The molecule has 0 saturated carbocycles. The number of fused-ring (bicyclic) bond motifs is 7. The Morgan fingerprint density at radius 2 is 1.85 bits per heavy atom. The van der Waals surface area contributed by atoms with E-state index in [2.05, 4.69) is 45.2 Å². The second-order valence-corrected chi connectivity index (χ2v) is 14.9. The van der Waals surface area contributed by atoms with Crippen molar-refractivity contribution in [2.24, 2.45) is 5.92 Å². The van der Waals surface area contributed by atoms with Crippen molar-refractivity contribution in [1.29, 1.82) is 0 Å². The third-order valence-electron chi connectivity index (χ3n) is 11.7. The maximum absolute atomic E-state index is 14.3. The number of aromatic nitrogens is 3. The minimum Gasteiger partial charge on any atom is -0.469 e. The zero-order valence-electron chi connectivity index (χ0n) is 29.7.